The van der Waals surface area contributed by atoms with Crippen molar-refractivity contribution >= 4 is 11.6 Å². The number of para-hydroxylation sites is 1. The van der Waals surface area contributed by atoms with E-state index in [9.17, 15) is 18.0 Å². The van der Waals surface area contributed by atoms with Gasteiger partial charge in [-0.15, -0.1) is 0 Å². The highest BCUT2D eigenvalue weighted by Gasteiger charge is 2.34. The average Bonchev–Trinajstić information content (AvgIpc) is 2.54. The Kier molecular flexibility index (Phi) is 5.09. The molecular formula is C17H13F3N2O2. The summed E-state index contributed by atoms with van der Waals surface area (Å²) in [7, 11) is 0. The second-order valence-electron chi connectivity index (χ2n) is 4.93. The van der Waals surface area contributed by atoms with Gasteiger partial charge in [0.2, 0.25) is 0 Å². The summed E-state index contributed by atoms with van der Waals surface area (Å²) in [6.45, 7) is 1.41. The van der Waals surface area contributed by atoms with E-state index in [4.69, 9.17) is 10.00 Å². The van der Waals surface area contributed by atoms with E-state index in [0.29, 0.717) is 5.56 Å². The van der Waals surface area contributed by atoms with E-state index in [2.05, 4.69) is 5.32 Å². The Morgan fingerprint density at radius 1 is 1.21 bits per heavy atom. The van der Waals surface area contributed by atoms with Gasteiger partial charge in [-0.25, -0.2) is 0 Å². The number of halogens is 3. The molecule has 0 radical (unpaired) electrons. The van der Waals surface area contributed by atoms with Crippen LogP contribution in [0.1, 0.15) is 18.1 Å². The number of nitrogens with zero attached hydrogens (tertiary/aromatic N) is 1. The Hall–Kier alpha value is -3.01. The summed E-state index contributed by atoms with van der Waals surface area (Å²) in [6.07, 6.45) is -5.62. The first-order valence-corrected chi connectivity index (χ1v) is 6.95. The number of hydrogen-bond donors (Lipinski definition) is 1. The molecule has 0 aromatic heterocycles. The molecule has 0 fully saturated rings. The lowest BCUT2D eigenvalue weighted by atomic mass is 10.1. The Morgan fingerprint density at radius 3 is 2.58 bits per heavy atom. The summed E-state index contributed by atoms with van der Waals surface area (Å²) in [5.74, 6) is -0.449. The van der Waals surface area contributed by atoms with Gasteiger partial charge in [0, 0.05) is 0 Å². The van der Waals surface area contributed by atoms with Gasteiger partial charge in [0.1, 0.15) is 5.75 Å². The van der Waals surface area contributed by atoms with Crippen molar-refractivity contribution in [3.05, 3.63) is 59.7 Å². The molecule has 1 atom stereocenters. The predicted molar refractivity (Wildman–Crippen MR) is 81.3 cm³/mol. The largest absolute Gasteiger partial charge is 0.481 e. The van der Waals surface area contributed by atoms with Crippen molar-refractivity contribution in [1.29, 1.82) is 5.26 Å². The maximum absolute atomic E-state index is 12.9. The second-order valence-corrected chi connectivity index (χ2v) is 4.93. The molecule has 0 saturated carbocycles. The number of alkyl halides is 3. The maximum atomic E-state index is 12.9. The highest BCUT2D eigenvalue weighted by atomic mass is 19.4. The normalized spacial score (nSPS) is 12.1. The molecule has 0 saturated heterocycles. The van der Waals surface area contributed by atoms with Gasteiger partial charge in [0.25, 0.3) is 5.91 Å². The number of rotatable bonds is 4. The lowest BCUT2D eigenvalue weighted by Crippen LogP contribution is -2.31. The highest BCUT2D eigenvalue weighted by Crippen LogP contribution is 2.34. The summed E-state index contributed by atoms with van der Waals surface area (Å²) in [6, 6.07) is 12.8. The van der Waals surface area contributed by atoms with Gasteiger partial charge in [0.05, 0.1) is 22.9 Å². The smallest absolute Gasteiger partial charge is 0.418 e. The standard InChI is InChI=1S/C17H13F3N2O2/c1-11(24-13-6-4-5-12(9-13)10-21)16(23)22-15-8-3-2-7-14(15)17(18,19)20/h2-9,11H,1H3,(H,22,23)/t11-/m1/s1. The molecule has 0 spiro atoms. The second kappa shape index (κ2) is 7.04. The number of nitriles is 1. The number of ether oxygens (including phenoxy) is 1. The van der Waals surface area contributed by atoms with Crippen LogP contribution in [0.3, 0.4) is 0 Å². The van der Waals surface area contributed by atoms with Gasteiger partial charge in [0.15, 0.2) is 6.10 Å². The Bertz CT molecular complexity index is 782. The molecule has 124 valence electrons. The van der Waals surface area contributed by atoms with Crippen LogP contribution in [0.5, 0.6) is 5.75 Å². The average molecular weight is 334 g/mol. The Morgan fingerprint density at radius 2 is 1.92 bits per heavy atom. The number of carbonyl (C=O) groups is 1. The van der Waals surface area contributed by atoms with Gasteiger partial charge in [-0.1, -0.05) is 18.2 Å². The minimum atomic E-state index is -4.57. The summed E-state index contributed by atoms with van der Waals surface area (Å²) < 4.78 is 44.1. The molecule has 1 amide bonds. The lowest BCUT2D eigenvalue weighted by molar-refractivity contribution is -0.137. The van der Waals surface area contributed by atoms with Crippen molar-refractivity contribution in [2.24, 2.45) is 0 Å². The fraction of sp³-hybridized carbons (Fsp3) is 0.176. The van der Waals surface area contributed by atoms with Gasteiger partial charge in [-0.2, -0.15) is 18.4 Å². The Labute approximate surface area is 136 Å². The molecule has 0 aliphatic rings. The lowest BCUT2D eigenvalue weighted by Gasteiger charge is -2.17. The van der Waals surface area contributed by atoms with Gasteiger partial charge >= 0.3 is 6.18 Å². The molecule has 2 aromatic rings. The zero-order valence-electron chi connectivity index (χ0n) is 12.6. The van der Waals surface area contributed by atoms with E-state index < -0.39 is 23.8 Å². The van der Waals surface area contributed by atoms with Crippen LogP contribution in [0, 0.1) is 11.3 Å². The third-order valence-corrected chi connectivity index (χ3v) is 3.14. The number of nitrogens with one attached hydrogen (secondary N) is 1. The zero-order valence-corrected chi connectivity index (χ0v) is 12.6. The van der Waals surface area contributed by atoms with E-state index in [0.717, 1.165) is 6.07 Å². The number of benzene rings is 2. The van der Waals surface area contributed by atoms with Gasteiger partial charge in [-0.05, 0) is 37.3 Å². The molecule has 4 nitrogen and oxygen atoms in total. The molecule has 2 aromatic carbocycles. The van der Waals surface area contributed by atoms with E-state index in [1.807, 2.05) is 6.07 Å². The van der Waals surface area contributed by atoms with Crippen molar-refractivity contribution in [1.82, 2.24) is 0 Å². The monoisotopic (exact) mass is 334 g/mol. The van der Waals surface area contributed by atoms with Crippen LogP contribution >= 0.6 is 0 Å². The van der Waals surface area contributed by atoms with Crippen molar-refractivity contribution < 1.29 is 22.7 Å². The molecular weight excluding hydrogens is 321 g/mol. The van der Waals surface area contributed by atoms with Crippen LogP contribution in [-0.2, 0) is 11.0 Å². The first kappa shape index (κ1) is 17.3. The zero-order chi connectivity index (χ0) is 17.7. The first-order chi connectivity index (χ1) is 11.3. The fourth-order valence-electron chi connectivity index (χ4n) is 1.97. The Balaban J connectivity index is 2.11. The molecule has 2 rings (SSSR count). The molecule has 1 N–H and O–H groups in total. The van der Waals surface area contributed by atoms with Crippen LogP contribution in [0.4, 0.5) is 18.9 Å². The van der Waals surface area contributed by atoms with Crippen molar-refractivity contribution in [2.45, 2.75) is 19.2 Å². The summed E-state index contributed by atoms with van der Waals surface area (Å²) in [4.78, 5) is 12.1. The van der Waals surface area contributed by atoms with Crippen molar-refractivity contribution in [2.75, 3.05) is 5.32 Å². The van der Waals surface area contributed by atoms with Crippen LogP contribution in [0.25, 0.3) is 0 Å². The van der Waals surface area contributed by atoms with E-state index >= 15 is 0 Å². The molecule has 0 aliphatic carbocycles. The minimum Gasteiger partial charge on any atom is -0.481 e. The molecule has 0 unspecified atom stereocenters. The maximum Gasteiger partial charge on any atom is 0.418 e. The SMILES string of the molecule is C[C@@H](Oc1cccc(C#N)c1)C(=O)Nc1ccccc1C(F)(F)F. The molecule has 0 aliphatic heterocycles. The minimum absolute atomic E-state index is 0.279. The third-order valence-electron chi connectivity index (χ3n) is 3.14. The first-order valence-electron chi connectivity index (χ1n) is 6.95. The van der Waals surface area contributed by atoms with Crippen LogP contribution < -0.4 is 10.1 Å². The quantitative estimate of drug-likeness (QED) is 0.920. The predicted octanol–water partition coefficient (Wildman–Crippen LogP) is 3.98. The topological polar surface area (TPSA) is 62.1 Å². The number of carbonyl (C=O) groups excluding carboxylic acids is 1. The van der Waals surface area contributed by atoms with Crippen molar-refractivity contribution in [3.63, 3.8) is 0 Å². The highest BCUT2D eigenvalue weighted by molar-refractivity contribution is 5.94. The van der Waals surface area contributed by atoms with Crippen LogP contribution in [0.2, 0.25) is 0 Å². The van der Waals surface area contributed by atoms with Crippen LogP contribution in [-0.4, -0.2) is 12.0 Å². The number of anilines is 1. The number of amides is 1. The van der Waals surface area contributed by atoms with E-state index in [-0.39, 0.29) is 11.4 Å². The fourth-order valence-corrected chi connectivity index (χ4v) is 1.97. The summed E-state index contributed by atoms with van der Waals surface area (Å²) in [5, 5.41) is 11.0. The molecule has 0 heterocycles. The van der Waals surface area contributed by atoms with E-state index in [1.54, 1.807) is 18.2 Å². The van der Waals surface area contributed by atoms with Gasteiger partial charge in [-0.3, -0.25) is 4.79 Å². The summed E-state index contributed by atoms with van der Waals surface area (Å²) >= 11 is 0. The van der Waals surface area contributed by atoms with Crippen molar-refractivity contribution in [3.8, 4) is 11.8 Å². The van der Waals surface area contributed by atoms with Gasteiger partial charge < -0.3 is 10.1 Å². The van der Waals surface area contributed by atoms with Crippen LogP contribution in [0.15, 0.2) is 48.5 Å². The number of hydrogen-bond acceptors (Lipinski definition) is 3. The third kappa shape index (κ3) is 4.26. The molecule has 7 heteroatoms. The molecule has 24 heavy (non-hydrogen) atoms. The summed E-state index contributed by atoms with van der Waals surface area (Å²) in [5.41, 5.74) is -0.921. The molecule has 0 bridgehead atoms. The van der Waals surface area contributed by atoms with E-state index in [1.165, 1.54) is 31.2 Å².